The highest BCUT2D eigenvalue weighted by molar-refractivity contribution is 6.02. The number of nitrogens with zero attached hydrogens (tertiary/aromatic N) is 3. The molecule has 168 valence electrons. The van der Waals surface area contributed by atoms with Crippen LogP contribution in [0.2, 0.25) is 0 Å². The van der Waals surface area contributed by atoms with Crippen LogP contribution in [0.5, 0.6) is 11.5 Å². The summed E-state index contributed by atoms with van der Waals surface area (Å²) in [5.41, 5.74) is 2.15. The number of para-hydroxylation sites is 2. The third-order valence-electron chi connectivity index (χ3n) is 6.25. The zero-order valence-electron chi connectivity index (χ0n) is 18.7. The van der Waals surface area contributed by atoms with Crippen molar-refractivity contribution in [3.05, 3.63) is 77.0 Å². The van der Waals surface area contributed by atoms with E-state index in [4.69, 9.17) is 9.47 Å². The van der Waals surface area contributed by atoms with Gasteiger partial charge in [0.15, 0.2) is 5.43 Å². The molecule has 2 heterocycles. The highest BCUT2D eigenvalue weighted by Crippen LogP contribution is 2.33. The Morgan fingerprint density at radius 2 is 1.39 bits per heavy atom. The Hall–Kier alpha value is -4.00. The predicted molar refractivity (Wildman–Crippen MR) is 130 cm³/mol. The van der Waals surface area contributed by atoms with Gasteiger partial charge >= 0.3 is 6.03 Å². The topological polar surface area (TPSA) is 64.0 Å². The first kappa shape index (κ1) is 20.9. The van der Waals surface area contributed by atoms with Gasteiger partial charge in [0.1, 0.15) is 11.5 Å². The summed E-state index contributed by atoms with van der Waals surface area (Å²) in [6, 6.07) is 20.2. The van der Waals surface area contributed by atoms with Crippen molar-refractivity contribution in [2.75, 3.05) is 45.3 Å². The SMILES string of the molecule is COc1ccc(OC)c(N2CCN(C(=O)n3c4ccccc4c(=O)c4ccccc43)CC2)c1. The number of aromatic nitrogens is 1. The number of piperazine rings is 1. The van der Waals surface area contributed by atoms with E-state index in [9.17, 15) is 9.59 Å². The number of amides is 1. The molecular weight excluding hydrogens is 418 g/mol. The molecule has 0 unspecified atom stereocenters. The van der Waals surface area contributed by atoms with Crippen molar-refractivity contribution >= 4 is 33.5 Å². The van der Waals surface area contributed by atoms with Crippen LogP contribution in [0.3, 0.4) is 0 Å². The fraction of sp³-hybridized carbons (Fsp3) is 0.231. The number of fused-ring (bicyclic) bond motifs is 2. The molecule has 5 rings (SSSR count). The van der Waals surface area contributed by atoms with Gasteiger partial charge in [0.2, 0.25) is 0 Å². The van der Waals surface area contributed by atoms with Crippen LogP contribution < -0.4 is 19.8 Å². The minimum atomic E-state index is -0.125. The minimum Gasteiger partial charge on any atom is -0.497 e. The van der Waals surface area contributed by atoms with E-state index in [1.807, 2.05) is 59.5 Å². The molecule has 1 aromatic heterocycles. The Labute approximate surface area is 191 Å². The highest BCUT2D eigenvalue weighted by atomic mass is 16.5. The Morgan fingerprint density at radius 1 is 0.788 bits per heavy atom. The van der Waals surface area contributed by atoms with Crippen molar-refractivity contribution in [2.45, 2.75) is 0 Å². The van der Waals surface area contributed by atoms with E-state index < -0.39 is 0 Å². The lowest BCUT2D eigenvalue weighted by atomic mass is 10.1. The molecule has 0 N–H and O–H groups in total. The number of hydrogen-bond donors (Lipinski definition) is 0. The van der Waals surface area contributed by atoms with Crippen LogP contribution in [0.4, 0.5) is 10.5 Å². The Bertz CT molecular complexity index is 1340. The zero-order chi connectivity index (χ0) is 22.9. The first-order chi connectivity index (χ1) is 16.1. The van der Waals surface area contributed by atoms with E-state index in [-0.39, 0.29) is 11.5 Å². The van der Waals surface area contributed by atoms with Crippen molar-refractivity contribution in [2.24, 2.45) is 0 Å². The fourth-order valence-corrected chi connectivity index (χ4v) is 4.53. The molecule has 0 aliphatic carbocycles. The van der Waals surface area contributed by atoms with Gasteiger partial charge in [0.25, 0.3) is 0 Å². The molecule has 1 aliphatic rings. The number of pyridine rings is 1. The summed E-state index contributed by atoms with van der Waals surface area (Å²) in [6.45, 7) is 2.42. The van der Waals surface area contributed by atoms with Crippen molar-refractivity contribution in [1.82, 2.24) is 9.47 Å². The second kappa shape index (κ2) is 8.50. The number of carbonyl (C=O) groups excluding carboxylic acids is 1. The van der Waals surface area contributed by atoms with Crippen LogP contribution in [0, 0.1) is 0 Å². The molecule has 0 bridgehead atoms. The number of hydrogen-bond acceptors (Lipinski definition) is 5. The standard InChI is InChI=1S/C26H25N3O4/c1-32-18-11-12-24(33-2)23(17-18)27-13-15-28(16-14-27)26(31)29-21-9-5-3-7-19(21)25(30)20-8-4-6-10-22(20)29/h3-12,17H,13-16H2,1-2H3. The van der Waals surface area contributed by atoms with Gasteiger partial charge in [-0.15, -0.1) is 0 Å². The average Bonchev–Trinajstić information content (AvgIpc) is 2.88. The first-order valence-electron chi connectivity index (χ1n) is 10.9. The van der Waals surface area contributed by atoms with Crippen molar-refractivity contribution in [3.8, 4) is 11.5 Å². The summed E-state index contributed by atoms with van der Waals surface area (Å²) in [6.07, 6.45) is 0. The third kappa shape index (κ3) is 3.55. The lowest BCUT2D eigenvalue weighted by molar-refractivity contribution is 0.198. The van der Waals surface area contributed by atoms with Gasteiger partial charge in [-0.2, -0.15) is 0 Å². The summed E-state index contributed by atoms with van der Waals surface area (Å²) in [7, 11) is 3.29. The Morgan fingerprint density at radius 3 is 1.97 bits per heavy atom. The average molecular weight is 444 g/mol. The number of anilines is 1. The van der Waals surface area contributed by atoms with Crippen LogP contribution in [-0.2, 0) is 0 Å². The molecule has 1 saturated heterocycles. The lowest BCUT2D eigenvalue weighted by Gasteiger charge is -2.37. The molecule has 0 radical (unpaired) electrons. The van der Waals surface area contributed by atoms with Gasteiger partial charge < -0.3 is 19.3 Å². The monoisotopic (exact) mass is 443 g/mol. The second-order valence-electron chi connectivity index (χ2n) is 7.99. The van der Waals surface area contributed by atoms with E-state index in [0.717, 1.165) is 17.2 Å². The molecule has 7 heteroatoms. The number of ether oxygens (including phenoxy) is 2. The van der Waals surface area contributed by atoms with E-state index in [1.54, 1.807) is 30.9 Å². The van der Waals surface area contributed by atoms with Gasteiger partial charge in [0.05, 0.1) is 30.9 Å². The molecular formula is C26H25N3O4. The number of methoxy groups -OCH3 is 2. The highest BCUT2D eigenvalue weighted by Gasteiger charge is 2.26. The van der Waals surface area contributed by atoms with Gasteiger partial charge in [-0.3, -0.25) is 9.36 Å². The predicted octanol–water partition coefficient (Wildman–Crippen LogP) is 3.96. The van der Waals surface area contributed by atoms with Gasteiger partial charge in [-0.1, -0.05) is 24.3 Å². The van der Waals surface area contributed by atoms with Crippen LogP contribution in [0.25, 0.3) is 21.8 Å². The summed E-state index contributed by atoms with van der Waals surface area (Å²) in [5.74, 6) is 1.53. The molecule has 1 fully saturated rings. The largest absolute Gasteiger partial charge is 0.497 e. The normalized spacial score (nSPS) is 14.0. The molecule has 0 spiro atoms. The number of carbonyl (C=O) groups is 1. The van der Waals surface area contributed by atoms with Crippen molar-refractivity contribution in [1.29, 1.82) is 0 Å². The molecule has 1 aliphatic heterocycles. The van der Waals surface area contributed by atoms with E-state index in [1.165, 1.54) is 0 Å². The quantitative estimate of drug-likeness (QED) is 0.449. The van der Waals surface area contributed by atoms with Gasteiger partial charge in [0, 0.05) is 43.0 Å². The van der Waals surface area contributed by atoms with Crippen LogP contribution in [-0.4, -0.2) is 55.9 Å². The molecule has 0 saturated carbocycles. The van der Waals surface area contributed by atoms with Crippen molar-refractivity contribution in [3.63, 3.8) is 0 Å². The van der Waals surface area contributed by atoms with Gasteiger partial charge in [-0.25, -0.2) is 4.79 Å². The van der Waals surface area contributed by atoms with Crippen LogP contribution in [0.15, 0.2) is 71.5 Å². The van der Waals surface area contributed by atoms with E-state index in [2.05, 4.69) is 4.90 Å². The summed E-state index contributed by atoms with van der Waals surface area (Å²) in [4.78, 5) is 30.8. The van der Waals surface area contributed by atoms with Crippen LogP contribution in [0.1, 0.15) is 0 Å². The summed E-state index contributed by atoms with van der Waals surface area (Å²) >= 11 is 0. The first-order valence-corrected chi connectivity index (χ1v) is 10.9. The van der Waals surface area contributed by atoms with E-state index in [0.29, 0.717) is 48.0 Å². The maximum Gasteiger partial charge on any atom is 0.329 e. The molecule has 1 amide bonds. The Balaban J connectivity index is 1.48. The molecule has 0 atom stereocenters. The third-order valence-corrected chi connectivity index (χ3v) is 6.25. The lowest BCUT2D eigenvalue weighted by Crippen LogP contribution is -2.50. The molecule has 33 heavy (non-hydrogen) atoms. The van der Waals surface area contributed by atoms with Gasteiger partial charge in [-0.05, 0) is 36.4 Å². The maximum absolute atomic E-state index is 13.7. The summed E-state index contributed by atoms with van der Waals surface area (Å²) in [5, 5.41) is 1.09. The molecule has 7 nitrogen and oxygen atoms in total. The Kier molecular flexibility index (Phi) is 5.38. The number of rotatable bonds is 3. The smallest absolute Gasteiger partial charge is 0.329 e. The zero-order valence-corrected chi connectivity index (χ0v) is 18.7. The minimum absolute atomic E-state index is 0.0554. The molecule has 3 aromatic carbocycles. The fourth-order valence-electron chi connectivity index (χ4n) is 4.53. The summed E-state index contributed by atoms with van der Waals surface area (Å²) < 4.78 is 12.6. The number of benzene rings is 3. The molecule has 4 aromatic rings. The maximum atomic E-state index is 13.7. The van der Waals surface area contributed by atoms with Crippen molar-refractivity contribution < 1.29 is 14.3 Å². The van der Waals surface area contributed by atoms with Crippen LogP contribution >= 0.6 is 0 Å². The van der Waals surface area contributed by atoms with E-state index >= 15 is 0 Å². The second-order valence-corrected chi connectivity index (χ2v) is 7.99.